The Balaban J connectivity index is 2.30. The molecule has 5 nitrogen and oxygen atoms in total. The van der Waals surface area contributed by atoms with E-state index in [0.717, 1.165) is 18.7 Å². The van der Waals surface area contributed by atoms with Crippen molar-refractivity contribution < 1.29 is 4.79 Å². The average Bonchev–Trinajstić information content (AvgIpc) is 2.67. The number of anilines is 2. The minimum Gasteiger partial charge on any atom is -0.374 e. The molecular weight excluding hydrogens is 216 g/mol. The predicted molar refractivity (Wildman–Crippen MR) is 69.4 cm³/mol. The maximum Gasteiger partial charge on any atom is 0.319 e. The minimum absolute atomic E-state index is 0.403. The van der Waals surface area contributed by atoms with E-state index in [-0.39, 0.29) is 0 Å². The van der Waals surface area contributed by atoms with Crippen LogP contribution in [0.1, 0.15) is 5.56 Å². The number of fused-ring (bicyclic) bond motifs is 1. The van der Waals surface area contributed by atoms with Gasteiger partial charge in [-0.1, -0.05) is 0 Å². The standard InChI is InChI=1S/C12H18N4O/c1-15-6-4-9-8-10(2-3-11(9)15)16(7-5-13)12(14)17/h2-3,8H,4-7,13H2,1H3,(H2,14,17). The molecule has 0 fully saturated rings. The average molecular weight is 234 g/mol. The van der Waals surface area contributed by atoms with Gasteiger partial charge >= 0.3 is 6.03 Å². The number of benzene rings is 1. The Morgan fingerprint density at radius 3 is 2.94 bits per heavy atom. The summed E-state index contributed by atoms with van der Waals surface area (Å²) in [5.41, 5.74) is 14.1. The molecule has 0 spiro atoms. The monoisotopic (exact) mass is 234 g/mol. The molecule has 0 unspecified atom stereocenters. The lowest BCUT2D eigenvalue weighted by atomic mass is 10.1. The van der Waals surface area contributed by atoms with Crippen LogP contribution in [0.5, 0.6) is 0 Å². The smallest absolute Gasteiger partial charge is 0.319 e. The molecule has 1 aliphatic heterocycles. The summed E-state index contributed by atoms with van der Waals surface area (Å²) in [6.07, 6.45) is 1.01. The number of nitrogens with two attached hydrogens (primary N) is 2. The first-order chi connectivity index (χ1) is 8.13. The lowest BCUT2D eigenvalue weighted by Gasteiger charge is -2.21. The van der Waals surface area contributed by atoms with Gasteiger partial charge in [0.25, 0.3) is 0 Å². The van der Waals surface area contributed by atoms with Crippen LogP contribution in [0.4, 0.5) is 16.2 Å². The summed E-state index contributed by atoms with van der Waals surface area (Å²) in [6.45, 7) is 1.87. The van der Waals surface area contributed by atoms with Crippen molar-refractivity contribution in [1.82, 2.24) is 0 Å². The summed E-state index contributed by atoms with van der Waals surface area (Å²) in [7, 11) is 2.07. The van der Waals surface area contributed by atoms with Crippen molar-refractivity contribution in [3.05, 3.63) is 23.8 Å². The maximum absolute atomic E-state index is 11.3. The van der Waals surface area contributed by atoms with E-state index in [9.17, 15) is 4.79 Å². The van der Waals surface area contributed by atoms with Crippen LogP contribution in [0.25, 0.3) is 0 Å². The van der Waals surface area contributed by atoms with Gasteiger partial charge in [-0.25, -0.2) is 4.79 Å². The number of likely N-dealkylation sites (N-methyl/N-ethyl adjacent to an activating group) is 1. The molecule has 92 valence electrons. The molecule has 1 heterocycles. The fourth-order valence-corrected chi connectivity index (χ4v) is 2.22. The van der Waals surface area contributed by atoms with Crippen LogP contribution in [-0.2, 0) is 6.42 Å². The third-order valence-electron chi connectivity index (χ3n) is 3.12. The van der Waals surface area contributed by atoms with Crippen molar-refractivity contribution in [3.8, 4) is 0 Å². The quantitative estimate of drug-likeness (QED) is 0.800. The molecule has 0 aromatic heterocycles. The van der Waals surface area contributed by atoms with Gasteiger partial charge in [0.2, 0.25) is 0 Å². The van der Waals surface area contributed by atoms with E-state index in [4.69, 9.17) is 11.5 Å². The Labute approximate surface area is 101 Å². The van der Waals surface area contributed by atoms with Gasteiger partial charge in [-0.2, -0.15) is 0 Å². The molecule has 0 radical (unpaired) electrons. The second kappa shape index (κ2) is 4.63. The highest BCUT2D eigenvalue weighted by atomic mass is 16.2. The molecule has 0 atom stereocenters. The van der Waals surface area contributed by atoms with Crippen LogP contribution in [0.2, 0.25) is 0 Å². The van der Waals surface area contributed by atoms with Gasteiger partial charge in [-0.15, -0.1) is 0 Å². The van der Waals surface area contributed by atoms with E-state index < -0.39 is 6.03 Å². The normalized spacial score (nSPS) is 13.6. The molecule has 0 bridgehead atoms. The highest BCUT2D eigenvalue weighted by Gasteiger charge is 2.18. The van der Waals surface area contributed by atoms with Gasteiger partial charge in [-0.05, 0) is 30.2 Å². The number of urea groups is 1. The van der Waals surface area contributed by atoms with Crippen molar-refractivity contribution in [3.63, 3.8) is 0 Å². The number of carbonyl (C=O) groups excluding carboxylic acids is 1. The summed E-state index contributed by atoms with van der Waals surface area (Å²) < 4.78 is 0. The van der Waals surface area contributed by atoms with E-state index in [1.54, 1.807) is 0 Å². The van der Waals surface area contributed by atoms with Crippen molar-refractivity contribution in [1.29, 1.82) is 0 Å². The van der Waals surface area contributed by atoms with E-state index in [0.29, 0.717) is 13.1 Å². The van der Waals surface area contributed by atoms with Crippen molar-refractivity contribution >= 4 is 17.4 Å². The molecule has 2 amide bonds. The molecule has 17 heavy (non-hydrogen) atoms. The Morgan fingerprint density at radius 2 is 2.29 bits per heavy atom. The second-order valence-electron chi connectivity index (χ2n) is 4.26. The van der Waals surface area contributed by atoms with E-state index in [1.807, 2.05) is 18.2 Å². The molecule has 0 saturated carbocycles. The lowest BCUT2D eigenvalue weighted by Crippen LogP contribution is -2.39. The summed E-state index contributed by atoms with van der Waals surface area (Å²) >= 11 is 0. The van der Waals surface area contributed by atoms with Crippen molar-refractivity contribution in [2.75, 3.05) is 36.5 Å². The van der Waals surface area contributed by atoms with Crippen LogP contribution in [0, 0.1) is 0 Å². The maximum atomic E-state index is 11.3. The molecule has 4 N–H and O–H groups in total. The first kappa shape index (κ1) is 11.7. The van der Waals surface area contributed by atoms with Crippen LogP contribution in [-0.4, -0.2) is 32.7 Å². The molecule has 2 rings (SSSR count). The first-order valence-electron chi connectivity index (χ1n) is 5.74. The molecule has 1 aromatic rings. The van der Waals surface area contributed by atoms with Gasteiger partial charge < -0.3 is 16.4 Å². The van der Waals surface area contributed by atoms with Crippen LogP contribution in [0.3, 0.4) is 0 Å². The zero-order chi connectivity index (χ0) is 12.4. The Morgan fingerprint density at radius 1 is 1.53 bits per heavy atom. The number of nitrogens with zero attached hydrogens (tertiary/aromatic N) is 2. The topological polar surface area (TPSA) is 75.6 Å². The lowest BCUT2D eigenvalue weighted by molar-refractivity contribution is 0.254. The first-order valence-corrected chi connectivity index (χ1v) is 5.74. The number of carbonyl (C=O) groups is 1. The Bertz CT molecular complexity index is 433. The summed E-state index contributed by atoms with van der Waals surface area (Å²) in [6, 6.07) is 5.52. The Hall–Kier alpha value is -1.75. The van der Waals surface area contributed by atoms with E-state index in [1.165, 1.54) is 16.2 Å². The summed E-state index contributed by atoms with van der Waals surface area (Å²) in [5, 5.41) is 0. The highest BCUT2D eigenvalue weighted by Crippen LogP contribution is 2.30. The van der Waals surface area contributed by atoms with Crippen LogP contribution in [0.15, 0.2) is 18.2 Å². The fourth-order valence-electron chi connectivity index (χ4n) is 2.22. The van der Waals surface area contributed by atoms with E-state index >= 15 is 0 Å². The number of rotatable bonds is 3. The number of hydrogen-bond donors (Lipinski definition) is 2. The minimum atomic E-state index is -0.457. The molecule has 0 aliphatic carbocycles. The summed E-state index contributed by atoms with van der Waals surface area (Å²) in [4.78, 5) is 15.1. The number of primary amides is 1. The molecule has 5 heteroatoms. The van der Waals surface area contributed by atoms with Gasteiger partial charge in [-0.3, -0.25) is 4.90 Å². The van der Waals surface area contributed by atoms with Gasteiger partial charge in [0, 0.05) is 38.1 Å². The van der Waals surface area contributed by atoms with Gasteiger partial charge in [0.1, 0.15) is 0 Å². The van der Waals surface area contributed by atoms with Crippen LogP contribution < -0.4 is 21.3 Å². The highest BCUT2D eigenvalue weighted by molar-refractivity contribution is 5.91. The third kappa shape index (κ3) is 2.19. The molecule has 0 saturated heterocycles. The van der Waals surface area contributed by atoms with E-state index in [2.05, 4.69) is 11.9 Å². The zero-order valence-corrected chi connectivity index (χ0v) is 10.0. The van der Waals surface area contributed by atoms with Gasteiger partial charge in [0.05, 0.1) is 0 Å². The van der Waals surface area contributed by atoms with Gasteiger partial charge in [0.15, 0.2) is 0 Å². The van der Waals surface area contributed by atoms with Crippen LogP contribution >= 0.6 is 0 Å². The SMILES string of the molecule is CN1CCc2cc(N(CCN)C(N)=O)ccc21. The number of hydrogen-bond acceptors (Lipinski definition) is 3. The number of amides is 2. The Kier molecular flexibility index (Phi) is 3.19. The molecular formula is C12H18N4O. The predicted octanol–water partition coefficient (Wildman–Crippen LogP) is 0.523. The molecule has 1 aliphatic rings. The zero-order valence-electron chi connectivity index (χ0n) is 10.0. The fraction of sp³-hybridized carbons (Fsp3) is 0.417. The van der Waals surface area contributed by atoms with Crippen molar-refractivity contribution in [2.45, 2.75) is 6.42 Å². The third-order valence-corrected chi connectivity index (χ3v) is 3.12. The second-order valence-corrected chi connectivity index (χ2v) is 4.26. The summed E-state index contributed by atoms with van der Waals surface area (Å²) in [5.74, 6) is 0. The largest absolute Gasteiger partial charge is 0.374 e. The molecule has 1 aromatic carbocycles. The van der Waals surface area contributed by atoms with Crippen molar-refractivity contribution in [2.24, 2.45) is 11.5 Å².